The first kappa shape index (κ1) is 20.9. The molecule has 0 spiro atoms. The van der Waals surface area contributed by atoms with Gasteiger partial charge >= 0.3 is 0 Å². The summed E-state index contributed by atoms with van der Waals surface area (Å²) in [5, 5.41) is 1.27. The number of fused-ring (bicyclic) bond motifs is 2. The smallest absolute Gasteiger partial charge is 0.294 e. The third kappa shape index (κ3) is 3.21. The highest BCUT2D eigenvalue weighted by atomic mass is 35.5. The summed E-state index contributed by atoms with van der Waals surface area (Å²) < 4.78 is 32.9. The number of aryl methyl sites for hydroxylation is 1. The number of nitrogens with zero attached hydrogens (tertiary/aromatic N) is 2. The molecule has 2 heterocycles. The predicted molar refractivity (Wildman–Crippen MR) is 118 cm³/mol. The number of rotatable bonds is 5. The van der Waals surface area contributed by atoms with Crippen molar-refractivity contribution in [2.24, 2.45) is 0 Å². The standard InChI is InChI=1S/C22H23ClN2O4S/c1-4-24(5-2)30(27,28)16-9-10-19-15(13-16)11-12-25(19)22(26)20-14(3)17-7-6-8-18(23)21(17)29-20/h6-10,13H,4-5,11-12H2,1-3H3. The number of hydrogen-bond donors (Lipinski definition) is 0. The maximum absolute atomic E-state index is 13.3. The zero-order valence-corrected chi connectivity index (χ0v) is 18.7. The van der Waals surface area contributed by atoms with Gasteiger partial charge in [0.2, 0.25) is 10.0 Å². The summed E-state index contributed by atoms with van der Waals surface area (Å²) in [6.45, 7) is 6.76. The second-order valence-corrected chi connectivity index (χ2v) is 9.60. The van der Waals surface area contributed by atoms with E-state index < -0.39 is 10.0 Å². The molecule has 1 aromatic heterocycles. The van der Waals surface area contributed by atoms with Gasteiger partial charge in [-0.1, -0.05) is 37.6 Å². The molecule has 1 aliphatic rings. The fourth-order valence-electron chi connectivity index (χ4n) is 4.00. The molecule has 0 radical (unpaired) electrons. The molecule has 0 saturated carbocycles. The lowest BCUT2D eigenvalue weighted by Crippen LogP contribution is -2.30. The molecule has 4 rings (SSSR count). The fraction of sp³-hybridized carbons (Fsp3) is 0.318. The van der Waals surface area contributed by atoms with Crippen LogP contribution in [0.15, 0.2) is 45.7 Å². The molecule has 0 saturated heterocycles. The van der Waals surface area contributed by atoms with Crippen LogP contribution >= 0.6 is 11.6 Å². The van der Waals surface area contributed by atoms with Gasteiger partial charge in [0.1, 0.15) is 0 Å². The summed E-state index contributed by atoms with van der Waals surface area (Å²) in [6, 6.07) is 10.4. The second-order valence-electron chi connectivity index (χ2n) is 7.26. The molecule has 30 heavy (non-hydrogen) atoms. The van der Waals surface area contributed by atoms with Crippen molar-refractivity contribution in [1.29, 1.82) is 0 Å². The number of amides is 1. The molecule has 158 valence electrons. The van der Waals surface area contributed by atoms with Crippen molar-refractivity contribution >= 4 is 44.2 Å². The first-order chi connectivity index (χ1) is 14.3. The zero-order valence-electron chi connectivity index (χ0n) is 17.1. The Labute approximate surface area is 181 Å². The Morgan fingerprint density at radius 3 is 2.60 bits per heavy atom. The first-order valence-corrected chi connectivity index (χ1v) is 11.7. The van der Waals surface area contributed by atoms with Crippen LogP contribution in [0.4, 0.5) is 5.69 Å². The third-order valence-electron chi connectivity index (χ3n) is 5.64. The van der Waals surface area contributed by atoms with Crippen LogP contribution in [0.2, 0.25) is 5.02 Å². The third-order valence-corrected chi connectivity index (χ3v) is 7.99. The summed E-state index contributed by atoms with van der Waals surface area (Å²) >= 11 is 6.22. The zero-order chi connectivity index (χ0) is 21.6. The Morgan fingerprint density at radius 2 is 1.93 bits per heavy atom. The van der Waals surface area contributed by atoms with Crippen molar-refractivity contribution in [1.82, 2.24) is 4.31 Å². The molecule has 0 aliphatic carbocycles. The van der Waals surface area contributed by atoms with Gasteiger partial charge < -0.3 is 9.32 Å². The molecule has 8 heteroatoms. The minimum Gasteiger partial charge on any atom is -0.449 e. The number of benzene rings is 2. The fourth-order valence-corrected chi connectivity index (χ4v) is 5.72. The molecule has 2 aromatic carbocycles. The summed E-state index contributed by atoms with van der Waals surface area (Å²) in [5.41, 5.74) is 2.79. The van der Waals surface area contributed by atoms with Gasteiger partial charge in [0.15, 0.2) is 11.3 Å². The molecular formula is C22H23ClN2O4S. The van der Waals surface area contributed by atoms with Gasteiger partial charge in [-0.15, -0.1) is 0 Å². The van der Waals surface area contributed by atoms with Gasteiger partial charge in [-0.2, -0.15) is 4.31 Å². The Bertz CT molecular complexity index is 1250. The van der Waals surface area contributed by atoms with Gasteiger partial charge in [-0.05, 0) is 43.2 Å². The molecule has 0 unspecified atom stereocenters. The summed E-state index contributed by atoms with van der Waals surface area (Å²) in [7, 11) is -3.54. The normalized spacial score (nSPS) is 14.0. The van der Waals surface area contributed by atoms with Gasteiger partial charge in [0, 0.05) is 36.3 Å². The maximum Gasteiger partial charge on any atom is 0.294 e. The van der Waals surface area contributed by atoms with Crippen LogP contribution in [-0.2, 0) is 16.4 Å². The number of hydrogen-bond acceptors (Lipinski definition) is 4. The highest BCUT2D eigenvalue weighted by Gasteiger charge is 2.31. The van der Waals surface area contributed by atoms with Crippen molar-refractivity contribution in [3.8, 4) is 0 Å². The molecular weight excluding hydrogens is 424 g/mol. The van der Waals surface area contributed by atoms with Crippen LogP contribution in [0.25, 0.3) is 11.0 Å². The lowest BCUT2D eigenvalue weighted by Gasteiger charge is -2.20. The number of furan rings is 1. The monoisotopic (exact) mass is 446 g/mol. The van der Waals surface area contributed by atoms with Crippen molar-refractivity contribution in [2.45, 2.75) is 32.1 Å². The van der Waals surface area contributed by atoms with E-state index in [0.29, 0.717) is 42.3 Å². The van der Waals surface area contributed by atoms with Gasteiger partial charge in [-0.3, -0.25) is 4.79 Å². The van der Waals surface area contributed by atoms with Crippen molar-refractivity contribution < 1.29 is 17.6 Å². The molecule has 6 nitrogen and oxygen atoms in total. The lowest BCUT2D eigenvalue weighted by atomic mass is 10.1. The molecule has 0 bridgehead atoms. The number of carbonyl (C=O) groups is 1. The van der Waals surface area contributed by atoms with E-state index in [1.165, 1.54) is 4.31 Å². The maximum atomic E-state index is 13.3. The number of sulfonamides is 1. The number of halogens is 1. The van der Waals surface area contributed by atoms with Crippen LogP contribution in [-0.4, -0.2) is 38.3 Å². The van der Waals surface area contributed by atoms with Crippen LogP contribution in [0.3, 0.4) is 0 Å². The van der Waals surface area contributed by atoms with E-state index in [0.717, 1.165) is 16.5 Å². The number of anilines is 1. The Balaban J connectivity index is 1.70. The number of para-hydroxylation sites is 1. The van der Waals surface area contributed by atoms with E-state index in [4.69, 9.17) is 16.0 Å². The molecule has 3 aromatic rings. The largest absolute Gasteiger partial charge is 0.449 e. The average Bonchev–Trinajstić information content (AvgIpc) is 3.30. The molecule has 0 N–H and O–H groups in total. The molecule has 0 atom stereocenters. The van der Waals surface area contributed by atoms with Gasteiger partial charge in [0.05, 0.1) is 9.92 Å². The van der Waals surface area contributed by atoms with E-state index in [2.05, 4.69) is 0 Å². The topological polar surface area (TPSA) is 70.8 Å². The van der Waals surface area contributed by atoms with E-state index in [9.17, 15) is 13.2 Å². The Morgan fingerprint density at radius 1 is 1.20 bits per heavy atom. The minimum atomic E-state index is -3.54. The highest BCUT2D eigenvalue weighted by Crippen LogP contribution is 2.35. The second kappa shape index (κ2) is 7.72. The van der Waals surface area contributed by atoms with E-state index in [1.807, 2.05) is 32.9 Å². The summed E-state index contributed by atoms with van der Waals surface area (Å²) in [5.74, 6) is 0.00339. The SMILES string of the molecule is CCN(CC)S(=O)(=O)c1ccc2c(c1)CCN2C(=O)c1oc2c(Cl)cccc2c1C. The predicted octanol–water partition coefficient (Wildman–Crippen LogP) is 4.63. The Kier molecular flexibility index (Phi) is 5.38. The average molecular weight is 447 g/mol. The minimum absolute atomic E-state index is 0.252. The summed E-state index contributed by atoms with van der Waals surface area (Å²) in [6.07, 6.45) is 0.586. The van der Waals surface area contributed by atoms with Crippen LogP contribution in [0.5, 0.6) is 0 Å². The molecule has 0 fully saturated rings. The van der Waals surface area contributed by atoms with Crippen LogP contribution in [0, 0.1) is 6.92 Å². The lowest BCUT2D eigenvalue weighted by molar-refractivity contribution is 0.0964. The van der Waals surface area contributed by atoms with E-state index >= 15 is 0 Å². The van der Waals surface area contributed by atoms with Crippen molar-refractivity contribution in [3.05, 3.63) is 58.3 Å². The summed E-state index contributed by atoms with van der Waals surface area (Å²) in [4.78, 5) is 15.2. The van der Waals surface area contributed by atoms with Crippen molar-refractivity contribution in [2.75, 3.05) is 24.5 Å². The highest BCUT2D eigenvalue weighted by molar-refractivity contribution is 7.89. The van der Waals surface area contributed by atoms with E-state index in [-0.39, 0.29) is 16.6 Å². The number of carbonyl (C=O) groups excluding carboxylic acids is 1. The van der Waals surface area contributed by atoms with Gasteiger partial charge in [-0.25, -0.2) is 8.42 Å². The quantitative estimate of drug-likeness (QED) is 0.573. The van der Waals surface area contributed by atoms with Crippen LogP contribution in [0.1, 0.15) is 35.5 Å². The Hall–Kier alpha value is -2.35. The van der Waals surface area contributed by atoms with Gasteiger partial charge in [0.25, 0.3) is 5.91 Å². The molecule has 1 amide bonds. The van der Waals surface area contributed by atoms with Crippen LogP contribution < -0.4 is 4.90 Å². The van der Waals surface area contributed by atoms with E-state index in [1.54, 1.807) is 29.2 Å². The van der Waals surface area contributed by atoms with Crippen molar-refractivity contribution in [3.63, 3.8) is 0 Å². The first-order valence-electron chi connectivity index (χ1n) is 9.92. The molecule has 1 aliphatic heterocycles.